The molecule has 0 bridgehead atoms. The number of piperidine rings is 1. The molecule has 1 heterocycles. The second-order valence-electron chi connectivity index (χ2n) is 6.44. The van der Waals surface area contributed by atoms with Gasteiger partial charge in [-0.1, -0.05) is 53.5 Å². The van der Waals surface area contributed by atoms with Crippen LogP contribution in [0.1, 0.15) is 30.0 Å². The summed E-state index contributed by atoms with van der Waals surface area (Å²) in [4.78, 5) is 2.46. The molecule has 1 fully saturated rings. The van der Waals surface area contributed by atoms with E-state index in [9.17, 15) is 0 Å². The molecule has 1 saturated heterocycles. The van der Waals surface area contributed by atoms with Gasteiger partial charge in [-0.15, -0.1) is 0 Å². The van der Waals surface area contributed by atoms with Crippen LogP contribution < -0.4 is 4.74 Å². The molecule has 1 aliphatic heterocycles. The molecule has 0 radical (unpaired) electrons. The van der Waals surface area contributed by atoms with Crippen LogP contribution in [0.3, 0.4) is 0 Å². The van der Waals surface area contributed by atoms with Crippen molar-refractivity contribution in [1.29, 1.82) is 0 Å². The quantitative estimate of drug-likeness (QED) is 0.594. The van der Waals surface area contributed by atoms with E-state index in [-0.39, 0.29) is 6.04 Å². The van der Waals surface area contributed by atoms with Crippen molar-refractivity contribution in [2.75, 3.05) is 20.8 Å². The summed E-state index contributed by atoms with van der Waals surface area (Å²) in [5.41, 5.74) is 3.67. The lowest BCUT2D eigenvalue weighted by atomic mass is 9.91. The van der Waals surface area contributed by atoms with Gasteiger partial charge in [-0.05, 0) is 30.0 Å². The van der Waals surface area contributed by atoms with Crippen LogP contribution in [0.2, 0.25) is 10.0 Å². The van der Waals surface area contributed by atoms with E-state index in [1.54, 1.807) is 20.3 Å². The number of nitrogens with zero attached hydrogens (tertiary/aromatic N) is 1. The second-order valence-corrected chi connectivity index (χ2v) is 7.26. The van der Waals surface area contributed by atoms with Gasteiger partial charge in [0.2, 0.25) is 0 Å². The molecule has 0 spiro atoms. The zero-order chi connectivity index (χ0) is 18.5. The molecule has 1 unspecified atom stereocenters. The van der Waals surface area contributed by atoms with Gasteiger partial charge < -0.3 is 9.47 Å². The number of ether oxygens (including phenoxy) is 2. The maximum absolute atomic E-state index is 6.25. The Morgan fingerprint density at radius 1 is 1.12 bits per heavy atom. The van der Waals surface area contributed by atoms with Crippen molar-refractivity contribution in [3.05, 3.63) is 75.5 Å². The Morgan fingerprint density at radius 3 is 2.54 bits per heavy atom. The van der Waals surface area contributed by atoms with Gasteiger partial charge in [0.05, 0.1) is 30.5 Å². The fraction of sp³-hybridized carbons (Fsp3) is 0.333. The molecule has 0 N–H and O–H groups in total. The molecular formula is C21H23Cl2NO2. The van der Waals surface area contributed by atoms with E-state index in [1.165, 1.54) is 11.1 Å². The fourth-order valence-corrected chi connectivity index (χ4v) is 3.83. The van der Waals surface area contributed by atoms with Crippen molar-refractivity contribution >= 4 is 23.2 Å². The van der Waals surface area contributed by atoms with E-state index in [2.05, 4.69) is 29.2 Å². The van der Waals surface area contributed by atoms with Crippen molar-refractivity contribution in [1.82, 2.24) is 4.90 Å². The van der Waals surface area contributed by atoms with Gasteiger partial charge in [0.1, 0.15) is 5.75 Å². The first-order valence-corrected chi connectivity index (χ1v) is 9.39. The summed E-state index contributed by atoms with van der Waals surface area (Å²) in [5.74, 6) is 0.768. The highest BCUT2D eigenvalue weighted by atomic mass is 35.5. The highest BCUT2D eigenvalue weighted by Gasteiger charge is 2.27. The van der Waals surface area contributed by atoms with E-state index < -0.39 is 0 Å². The smallest absolute Gasteiger partial charge is 0.124 e. The average molecular weight is 392 g/mol. The van der Waals surface area contributed by atoms with Crippen LogP contribution in [0.25, 0.3) is 0 Å². The third kappa shape index (κ3) is 4.35. The van der Waals surface area contributed by atoms with Crippen LogP contribution in [-0.4, -0.2) is 25.7 Å². The molecule has 3 rings (SSSR count). The molecule has 26 heavy (non-hydrogen) atoms. The lowest BCUT2D eigenvalue weighted by Gasteiger charge is -2.37. The Bertz CT molecular complexity index is 777. The summed E-state index contributed by atoms with van der Waals surface area (Å²) in [7, 11) is 3.37. The van der Waals surface area contributed by atoms with Crippen LogP contribution in [0.15, 0.2) is 54.3 Å². The Kier molecular flexibility index (Phi) is 6.47. The lowest BCUT2D eigenvalue weighted by Crippen LogP contribution is -2.34. The Labute approximate surface area is 165 Å². The first-order chi connectivity index (χ1) is 12.6. The Hall–Kier alpha value is -1.68. The number of methoxy groups -OCH3 is 2. The van der Waals surface area contributed by atoms with E-state index in [1.807, 2.05) is 18.4 Å². The number of likely N-dealkylation sites (tertiary alicyclic amines) is 1. The van der Waals surface area contributed by atoms with Crippen LogP contribution in [-0.2, 0) is 11.3 Å². The Morgan fingerprint density at radius 2 is 1.85 bits per heavy atom. The molecule has 138 valence electrons. The summed E-state index contributed by atoms with van der Waals surface area (Å²) >= 11 is 12.4. The highest BCUT2D eigenvalue weighted by molar-refractivity contribution is 6.42. The van der Waals surface area contributed by atoms with Gasteiger partial charge in [0, 0.05) is 30.8 Å². The summed E-state index contributed by atoms with van der Waals surface area (Å²) in [5, 5.41) is 1.06. The van der Waals surface area contributed by atoms with E-state index in [4.69, 9.17) is 32.7 Å². The first-order valence-electron chi connectivity index (χ1n) is 8.64. The third-order valence-corrected chi connectivity index (χ3v) is 5.50. The third-order valence-electron chi connectivity index (χ3n) is 4.78. The van der Waals surface area contributed by atoms with Crippen molar-refractivity contribution in [3.63, 3.8) is 0 Å². The normalized spacial score (nSPS) is 19.5. The molecule has 0 aromatic heterocycles. The minimum atomic E-state index is 0.283. The summed E-state index contributed by atoms with van der Waals surface area (Å²) < 4.78 is 10.8. The van der Waals surface area contributed by atoms with Crippen molar-refractivity contribution in [2.45, 2.75) is 25.4 Å². The highest BCUT2D eigenvalue weighted by Crippen LogP contribution is 2.37. The standard InChI is InChI=1S/C21H23Cl2NO2/c1-25-14-15-8-9-24(20(10-15)16-6-4-3-5-7-16)13-17-11-18(22)19(23)12-21(17)26-2/h3-7,11-12,14,20H,8-10,13H2,1-2H3/b15-14+. The van der Waals surface area contributed by atoms with Gasteiger partial charge in [-0.2, -0.15) is 0 Å². The van der Waals surface area contributed by atoms with Crippen molar-refractivity contribution in [3.8, 4) is 5.75 Å². The number of hydrogen-bond acceptors (Lipinski definition) is 3. The monoisotopic (exact) mass is 391 g/mol. The summed E-state index contributed by atoms with van der Waals surface area (Å²) in [6, 6.07) is 14.6. The van der Waals surface area contributed by atoms with Crippen LogP contribution in [0, 0.1) is 0 Å². The molecule has 0 saturated carbocycles. The van der Waals surface area contributed by atoms with E-state index in [0.29, 0.717) is 10.0 Å². The van der Waals surface area contributed by atoms with Crippen LogP contribution >= 0.6 is 23.2 Å². The summed E-state index contributed by atoms with van der Waals surface area (Å²) in [6.45, 7) is 1.69. The molecule has 2 aromatic carbocycles. The molecule has 2 aromatic rings. The zero-order valence-corrected chi connectivity index (χ0v) is 16.6. The van der Waals surface area contributed by atoms with Crippen LogP contribution in [0.5, 0.6) is 5.75 Å². The largest absolute Gasteiger partial charge is 0.504 e. The first kappa shape index (κ1) is 19.1. The number of rotatable bonds is 5. The molecule has 0 aliphatic carbocycles. The lowest BCUT2D eigenvalue weighted by molar-refractivity contribution is 0.160. The molecular weight excluding hydrogens is 369 g/mol. The molecule has 0 amide bonds. The average Bonchev–Trinajstić information content (AvgIpc) is 2.66. The summed E-state index contributed by atoms with van der Waals surface area (Å²) in [6.07, 6.45) is 3.81. The minimum absolute atomic E-state index is 0.283. The molecule has 5 heteroatoms. The number of halogens is 2. The topological polar surface area (TPSA) is 21.7 Å². The molecule has 1 aliphatic rings. The van der Waals surface area contributed by atoms with Crippen LogP contribution in [0.4, 0.5) is 0 Å². The zero-order valence-electron chi connectivity index (χ0n) is 15.0. The molecule has 1 atom stereocenters. The van der Waals surface area contributed by atoms with E-state index in [0.717, 1.165) is 37.2 Å². The van der Waals surface area contributed by atoms with Gasteiger partial charge in [-0.3, -0.25) is 4.90 Å². The predicted octanol–water partition coefficient (Wildman–Crippen LogP) is 5.87. The second kappa shape index (κ2) is 8.81. The maximum Gasteiger partial charge on any atom is 0.124 e. The van der Waals surface area contributed by atoms with E-state index >= 15 is 0 Å². The van der Waals surface area contributed by atoms with Crippen molar-refractivity contribution in [2.24, 2.45) is 0 Å². The minimum Gasteiger partial charge on any atom is -0.504 e. The fourth-order valence-electron chi connectivity index (χ4n) is 3.49. The SMILES string of the molecule is CO/C=C1\CCN(Cc2cc(Cl)c(Cl)cc2OC)C(c2ccccc2)C1. The van der Waals surface area contributed by atoms with Gasteiger partial charge >= 0.3 is 0 Å². The van der Waals surface area contributed by atoms with Crippen molar-refractivity contribution < 1.29 is 9.47 Å². The molecule has 3 nitrogen and oxygen atoms in total. The van der Waals surface area contributed by atoms with Gasteiger partial charge in [0.25, 0.3) is 0 Å². The number of hydrogen-bond donors (Lipinski definition) is 0. The van der Waals surface area contributed by atoms with Gasteiger partial charge in [0.15, 0.2) is 0 Å². The predicted molar refractivity (Wildman–Crippen MR) is 107 cm³/mol. The van der Waals surface area contributed by atoms with Gasteiger partial charge in [-0.25, -0.2) is 0 Å². The number of benzene rings is 2. The Balaban J connectivity index is 1.90. The maximum atomic E-state index is 6.25.